The van der Waals surface area contributed by atoms with Crippen LogP contribution in [0.1, 0.15) is 36.4 Å². The minimum atomic E-state index is -0.132. The van der Waals surface area contributed by atoms with Crippen LogP contribution in [0.5, 0.6) is 0 Å². The van der Waals surface area contributed by atoms with Crippen molar-refractivity contribution in [3.05, 3.63) is 35.4 Å². The molecule has 1 aromatic rings. The van der Waals surface area contributed by atoms with Crippen LogP contribution in [0, 0.1) is 5.92 Å². The third-order valence-corrected chi connectivity index (χ3v) is 4.70. The smallest absolute Gasteiger partial charge is 0.220 e. The first-order chi connectivity index (χ1) is 9.75. The number of hydrogen-bond acceptors (Lipinski definition) is 3. The Morgan fingerprint density at radius 3 is 2.70 bits per heavy atom. The summed E-state index contributed by atoms with van der Waals surface area (Å²) in [5.74, 6) is -0.0574. The first kappa shape index (κ1) is 13.6. The number of nitrogens with one attached hydrogen (secondary N) is 1. The Kier molecular flexibility index (Phi) is 4.03. The highest BCUT2D eigenvalue weighted by atomic mass is 16.1. The van der Waals surface area contributed by atoms with E-state index in [9.17, 15) is 4.79 Å². The lowest BCUT2D eigenvalue weighted by atomic mass is 9.91. The first-order valence-electron chi connectivity index (χ1n) is 7.57. The zero-order chi connectivity index (χ0) is 13.9. The molecule has 1 fully saturated rings. The van der Waals surface area contributed by atoms with E-state index in [-0.39, 0.29) is 11.8 Å². The lowest BCUT2D eigenvalue weighted by Crippen LogP contribution is -2.40. The van der Waals surface area contributed by atoms with E-state index in [4.69, 9.17) is 5.73 Å². The molecule has 3 N–H and O–H groups in total. The molecule has 1 aromatic carbocycles. The molecule has 0 radical (unpaired) electrons. The van der Waals surface area contributed by atoms with Crippen LogP contribution < -0.4 is 11.1 Å². The Morgan fingerprint density at radius 1 is 1.20 bits per heavy atom. The second-order valence-electron chi connectivity index (χ2n) is 5.89. The molecular weight excluding hydrogens is 250 g/mol. The van der Waals surface area contributed by atoms with E-state index in [0.29, 0.717) is 6.04 Å². The van der Waals surface area contributed by atoms with Gasteiger partial charge >= 0.3 is 0 Å². The van der Waals surface area contributed by atoms with E-state index in [2.05, 4.69) is 34.5 Å². The third-order valence-electron chi connectivity index (χ3n) is 4.70. The molecule has 4 nitrogen and oxygen atoms in total. The summed E-state index contributed by atoms with van der Waals surface area (Å²) in [7, 11) is 0. The van der Waals surface area contributed by atoms with E-state index in [1.54, 1.807) is 0 Å². The number of benzene rings is 1. The molecule has 2 aliphatic heterocycles. The lowest BCUT2D eigenvalue weighted by Gasteiger charge is -2.37. The fourth-order valence-electron chi connectivity index (χ4n) is 3.51. The van der Waals surface area contributed by atoms with Crippen LogP contribution in [0.25, 0.3) is 0 Å². The van der Waals surface area contributed by atoms with Gasteiger partial charge < -0.3 is 11.1 Å². The number of carbonyl (C=O) groups is 1. The number of hydrogen-bond donors (Lipinski definition) is 2. The normalized spacial score (nSPS) is 24.9. The Bertz CT molecular complexity index is 480. The van der Waals surface area contributed by atoms with E-state index in [0.717, 1.165) is 45.4 Å². The zero-order valence-electron chi connectivity index (χ0n) is 11.8. The minimum absolute atomic E-state index is 0.0744. The van der Waals surface area contributed by atoms with Crippen LogP contribution in [0.3, 0.4) is 0 Å². The van der Waals surface area contributed by atoms with Gasteiger partial charge in [0.15, 0.2) is 0 Å². The van der Waals surface area contributed by atoms with Gasteiger partial charge in [0.25, 0.3) is 0 Å². The number of primary amides is 1. The Morgan fingerprint density at radius 2 is 1.95 bits per heavy atom. The molecule has 2 aliphatic rings. The molecule has 108 valence electrons. The molecule has 20 heavy (non-hydrogen) atoms. The van der Waals surface area contributed by atoms with Gasteiger partial charge in [0, 0.05) is 18.5 Å². The summed E-state index contributed by atoms with van der Waals surface area (Å²) in [6, 6.07) is 9.20. The van der Waals surface area contributed by atoms with Crippen LogP contribution in [-0.2, 0) is 11.3 Å². The summed E-state index contributed by atoms with van der Waals surface area (Å²) in [5.41, 5.74) is 8.29. The number of piperidine rings is 1. The van der Waals surface area contributed by atoms with Crippen LogP contribution in [0.15, 0.2) is 24.3 Å². The monoisotopic (exact) mass is 273 g/mol. The molecule has 0 aromatic heterocycles. The van der Waals surface area contributed by atoms with Crippen LogP contribution >= 0.6 is 0 Å². The van der Waals surface area contributed by atoms with Crippen molar-refractivity contribution >= 4 is 5.91 Å². The molecular formula is C16H23N3O. The van der Waals surface area contributed by atoms with Gasteiger partial charge in [-0.15, -0.1) is 0 Å². The summed E-state index contributed by atoms with van der Waals surface area (Å²) in [6.07, 6.45) is 2.95. The SMILES string of the molecule is NC(=O)C1CCN(C2CCNCc3ccccc32)CC1. The third kappa shape index (κ3) is 2.72. The van der Waals surface area contributed by atoms with Crippen molar-refractivity contribution in [1.29, 1.82) is 0 Å². The van der Waals surface area contributed by atoms with Crippen molar-refractivity contribution in [3.8, 4) is 0 Å². The number of nitrogens with two attached hydrogens (primary N) is 1. The Labute approximate surface area is 120 Å². The number of nitrogens with zero attached hydrogens (tertiary/aromatic N) is 1. The van der Waals surface area contributed by atoms with E-state index in [1.807, 2.05) is 0 Å². The van der Waals surface area contributed by atoms with Gasteiger partial charge in [-0.25, -0.2) is 0 Å². The van der Waals surface area contributed by atoms with E-state index >= 15 is 0 Å². The standard InChI is InChI=1S/C16H23N3O/c17-16(20)12-6-9-19(10-7-12)15-5-8-18-11-13-3-1-2-4-14(13)15/h1-4,12,15,18H,5-11H2,(H2,17,20). The summed E-state index contributed by atoms with van der Waals surface area (Å²) in [4.78, 5) is 13.8. The van der Waals surface area contributed by atoms with Crippen molar-refractivity contribution < 1.29 is 4.79 Å². The molecule has 1 atom stereocenters. The van der Waals surface area contributed by atoms with Crippen molar-refractivity contribution in [2.24, 2.45) is 11.7 Å². The van der Waals surface area contributed by atoms with Gasteiger partial charge in [-0.3, -0.25) is 9.69 Å². The van der Waals surface area contributed by atoms with Gasteiger partial charge in [-0.05, 0) is 50.0 Å². The second-order valence-corrected chi connectivity index (χ2v) is 5.89. The van der Waals surface area contributed by atoms with E-state index in [1.165, 1.54) is 11.1 Å². The first-order valence-corrected chi connectivity index (χ1v) is 7.57. The topological polar surface area (TPSA) is 58.4 Å². The Balaban J connectivity index is 1.76. The van der Waals surface area contributed by atoms with Crippen molar-refractivity contribution in [2.45, 2.75) is 31.8 Å². The molecule has 0 spiro atoms. The zero-order valence-corrected chi connectivity index (χ0v) is 11.8. The van der Waals surface area contributed by atoms with Crippen LogP contribution in [0.4, 0.5) is 0 Å². The molecule has 0 saturated carbocycles. The van der Waals surface area contributed by atoms with Crippen LogP contribution in [0.2, 0.25) is 0 Å². The summed E-state index contributed by atoms with van der Waals surface area (Å²) >= 11 is 0. The molecule has 1 amide bonds. The molecule has 4 heteroatoms. The average molecular weight is 273 g/mol. The summed E-state index contributed by atoms with van der Waals surface area (Å²) in [6.45, 7) is 3.97. The van der Waals surface area contributed by atoms with Crippen molar-refractivity contribution in [3.63, 3.8) is 0 Å². The maximum Gasteiger partial charge on any atom is 0.220 e. The van der Waals surface area contributed by atoms with Gasteiger partial charge in [-0.2, -0.15) is 0 Å². The fraction of sp³-hybridized carbons (Fsp3) is 0.562. The van der Waals surface area contributed by atoms with Crippen LogP contribution in [-0.4, -0.2) is 30.4 Å². The predicted octanol–water partition coefficient (Wildman–Crippen LogP) is 1.42. The Hall–Kier alpha value is -1.39. The molecule has 3 rings (SSSR count). The average Bonchev–Trinajstić information content (AvgIpc) is 2.69. The maximum absolute atomic E-state index is 11.3. The highest BCUT2D eigenvalue weighted by molar-refractivity contribution is 5.76. The number of likely N-dealkylation sites (tertiary alicyclic amines) is 1. The fourth-order valence-corrected chi connectivity index (χ4v) is 3.51. The highest BCUT2D eigenvalue weighted by Crippen LogP contribution is 2.32. The molecule has 2 heterocycles. The van der Waals surface area contributed by atoms with Gasteiger partial charge in [0.2, 0.25) is 5.91 Å². The van der Waals surface area contributed by atoms with Crippen molar-refractivity contribution in [2.75, 3.05) is 19.6 Å². The maximum atomic E-state index is 11.3. The van der Waals surface area contributed by atoms with Gasteiger partial charge in [0.05, 0.1) is 0 Å². The minimum Gasteiger partial charge on any atom is -0.369 e. The van der Waals surface area contributed by atoms with Crippen molar-refractivity contribution in [1.82, 2.24) is 10.2 Å². The molecule has 0 bridgehead atoms. The lowest BCUT2D eigenvalue weighted by molar-refractivity contribution is -0.123. The largest absolute Gasteiger partial charge is 0.369 e. The number of rotatable bonds is 2. The van der Waals surface area contributed by atoms with Gasteiger partial charge in [0.1, 0.15) is 0 Å². The molecule has 1 unspecified atom stereocenters. The van der Waals surface area contributed by atoms with E-state index < -0.39 is 0 Å². The molecule has 0 aliphatic carbocycles. The number of amides is 1. The number of fused-ring (bicyclic) bond motifs is 1. The predicted molar refractivity (Wildman–Crippen MR) is 79.0 cm³/mol. The second kappa shape index (κ2) is 5.94. The highest BCUT2D eigenvalue weighted by Gasteiger charge is 2.29. The van der Waals surface area contributed by atoms with Gasteiger partial charge in [-0.1, -0.05) is 24.3 Å². The summed E-state index contributed by atoms with van der Waals surface area (Å²) in [5, 5.41) is 3.50. The molecule has 1 saturated heterocycles. The number of carbonyl (C=O) groups excluding carboxylic acids is 1. The quantitative estimate of drug-likeness (QED) is 0.857. The summed E-state index contributed by atoms with van der Waals surface area (Å²) < 4.78 is 0.